The van der Waals surface area contributed by atoms with Gasteiger partial charge in [-0.25, -0.2) is 4.79 Å². The van der Waals surface area contributed by atoms with Gasteiger partial charge in [0.2, 0.25) is 23.6 Å². The van der Waals surface area contributed by atoms with Crippen molar-refractivity contribution in [1.29, 1.82) is 0 Å². The van der Waals surface area contributed by atoms with Gasteiger partial charge in [0.25, 0.3) is 0 Å². The highest BCUT2D eigenvalue weighted by molar-refractivity contribution is 5.96. The maximum Gasteiger partial charge on any atom is 0.326 e. The normalized spacial score (nSPS) is 20.8. The predicted octanol–water partition coefficient (Wildman–Crippen LogP) is 1.68. The largest absolute Gasteiger partial charge is 0.480 e. The minimum Gasteiger partial charge on any atom is -0.480 e. The maximum absolute atomic E-state index is 13.8. The van der Waals surface area contributed by atoms with E-state index in [1.807, 2.05) is 33.8 Å². The van der Waals surface area contributed by atoms with Crippen LogP contribution in [0.15, 0.2) is 30.3 Å². The van der Waals surface area contributed by atoms with Gasteiger partial charge in [0.15, 0.2) is 0 Å². The molecule has 2 aliphatic heterocycles. The fourth-order valence-electron chi connectivity index (χ4n) is 5.91. The Morgan fingerprint density at radius 2 is 1.31 bits per heavy atom. The Hall–Kier alpha value is -3.47. The second-order valence-corrected chi connectivity index (χ2v) is 12.4. The number of nitrogens with two attached hydrogens (primary N) is 1. The number of aliphatic carboxylic acids is 1. The zero-order valence-corrected chi connectivity index (χ0v) is 25.3. The van der Waals surface area contributed by atoms with E-state index in [-0.39, 0.29) is 30.1 Å². The number of rotatable bonds is 13. The summed E-state index contributed by atoms with van der Waals surface area (Å²) in [6.45, 7) is 8.63. The van der Waals surface area contributed by atoms with Crippen LogP contribution in [0.5, 0.6) is 0 Å². The van der Waals surface area contributed by atoms with Gasteiger partial charge < -0.3 is 31.3 Å². The van der Waals surface area contributed by atoms with Crippen LogP contribution in [0.2, 0.25) is 0 Å². The van der Waals surface area contributed by atoms with Crippen LogP contribution in [0.1, 0.15) is 71.8 Å². The van der Waals surface area contributed by atoms with Gasteiger partial charge in [-0.2, -0.15) is 0 Å². The first-order chi connectivity index (χ1) is 19.9. The Morgan fingerprint density at radius 1 is 0.810 bits per heavy atom. The monoisotopic (exact) mass is 585 g/mol. The lowest BCUT2D eigenvalue weighted by Gasteiger charge is -2.32. The molecule has 42 heavy (non-hydrogen) atoms. The van der Waals surface area contributed by atoms with Crippen molar-refractivity contribution in [3.05, 3.63) is 35.9 Å². The number of benzene rings is 1. The van der Waals surface area contributed by atoms with Gasteiger partial charge >= 0.3 is 5.97 Å². The first-order valence-corrected chi connectivity index (χ1v) is 15.1. The van der Waals surface area contributed by atoms with Gasteiger partial charge in [0, 0.05) is 19.5 Å². The summed E-state index contributed by atoms with van der Waals surface area (Å²) in [6, 6.07) is 4.78. The molecule has 0 aliphatic carbocycles. The van der Waals surface area contributed by atoms with Crippen LogP contribution in [0.4, 0.5) is 0 Å². The van der Waals surface area contributed by atoms with Gasteiger partial charge in [0.05, 0.1) is 6.04 Å². The molecule has 232 valence electrons. The molecule has 3 rings (SSSR count). The van der Waals surface area contributed by atoms with E-state index in [1.165, 1.54) is 9.80 Å². The van der Waals surface area contributed by atoms with Crippen molar-refractivity contribution in [2.24, 2.45) is 17.6 Å². The van der Waals surface area contributed by atoms with Gasteiger partial charge in [0.1, 0.15) is 24.2 Å². The second-order valence-electron chi connectivity index (χ2n) is 12.4. The van der Waals surface area contributed by atoms with Crippen molar-refractivity contribution >= 4 is 29.6 Å². The molecule has 11 heteroatoms. The minimum atomic E-state index is -1.16. The fourth-order valence-corrected chi connectivity index (χ4v) is 5.91. The molecule has 5 atom stereocenters. The van der Waals surface area contributed by atoms with Crippen molar-refractivity contribution in [3.8, 4) is 0 Å². The van der Waals surface area contributed by atoms with E-state index in [0.717, 1.165) is 5.56 Å². The van der Waals surface area contributed by atoms with E-state index < -0.39 is 48.0 Å². The standard InChI is InChI=1S/C31H47N5O6/c1-19(2)16-22(32)29(39)35-14-8-12-25(35)27(37)33-23(17-20(3)4)30(40)36-15-9-13-26(36)28(38)34-24(31(41)42)18-21-10-6-5-7-11-21/h5-7,10-11,19-20,22-26H,8-9,12-18,32H2,1-4H3,(H,33,37)(H,34,38)(H,41,42)/t22-,23-,24-,25-,26-/m0/s1. The Bertz CT molecular complexity index is 1110. The van der Waals surface area contributed by atoms with Gasteiger partial charge in [-0.05, 0) is 55.9 Å². The van der Waals surface area contributed by atoms with Crippen molar-refractivity contribution < 1.29 is 29.1 Å². The summed E-state index contributed by atoms with van der Waals surface area (Å²) in [7, 11) is 0. The van der Waals surface area contributed by atoms with Gasteiger partial charge in [-0.15, -0.1) is 0 Å². The summed E-state index contributed by atoms with van der Waals surface area (Å²) in [5.41, 5.74) is 6.91. The van der Waals surface area contributed by atoms with E-state index in [4.69, 9.17) is 5.73 Å². The van der Waals surface area contributed by atoms with Crippen LogP contribution in [0.3, 0.4) is 0 Å². The fraction of sp³-hybridized carbons (Fsp3) is 0.645. The lowest BCUT2D eigenvalue weighted by atomic mass is 10.0. The summed E-state index contributed by atoms with van der Waals surface area (Å²) >= 11 is 0. The molecule has 1 aromatic carbocycles. The smallest absolute Gasteiger partial charge is 0.326 e. The van der Waals surface area contributed by atoms with E-state index in [1.54, 1.807) is 24.3 Å². The van der Waals surface area contributed by atoms with Crippen molar-refractivity contribution in [2.75, 3.05) is 13.1 Å². The third-order valence-electron chi connectivity index (χ3n) is 7.94. The van der Waals surface area contributed by atoms with Crippen molar-refractivity contribution in [2.45, 2.75) is 103 Å². The number of hydrogen-bond acceptors (Lipinski definition) is 6. The number of amides is 4. The number of nitrogens with one attached hydrogen (secondary N) is 2. The molecular weight excluding hydrogens is 538 g/mol. The van der Waals surface area contributed by atoms with E-state index in [9.17, 15) is 29.1 Å². The van der Waals surface area contributed by atoms with Gasteiger partial charge in [-0.3, -0.25) is 19.2 Å². The first kappa shape index (κ1) is 33.0. The average molecular weight is 586 g/mol. The third kappa shape index (κ3) is 8.77. The highest BCUT2D eigenvalue weighted by Crippen LogP contribution is 2.23. The van der Waals surface area contributed by atoms with Crippen LogP contribution >= 0.6 is 0 Å². The average Bonchev–Trinajstić information content (AvgIpc) is 3.62. The summed E-state index contributed by atoms with van der Waals surface area (Å²) in [6.07, 6.45) is 3.13. The number of hydrogen-bond donors (Lipinski definition) is 4. The molecule has 0 aromatic heterocycles. The molecule has 1 aromatic rings. The number of nitrogens with zero attached hydrogens (tertiary/aromatic N) is 2. The number of likely N-dealkylation sites (tertiary alicyclic amines) is 2. The SMILES string of the molecule is CC(C)C[C@H](NC(=O)[C@@H]1CCCN1C(=O)[C@@H](N)CC(C)C)C(=O)N1CCC[C@H]1C(=O)N[C@@H](Cc1ccccc1)C(=O)O. The molecule has 0 spiro atoms. The molecule has 5 N–H and O–H groups in total. The molecule has 2 fully saturated rings. The van der Waals surface area contributed by atoms with Crippen molar-refractivity contribution in [3.63, 3.8) is 0 Å². The highest BCUT2D eigenvalue weighted by atomic mass is 16.4. The lowest BCUT2D eigenvalue weighted by molar-refractivity contribution is -0.145. The molecule has 0 unspecified atom stereocenters. The Balaban J connectivity index is 1.70. The number of carbonyl (C=O) groups excluding carboxylic acids is 4. The molecule has 4 amide bonds. The maximum atomic E-state index is 13.8. The summed E-state index contributed by atoms with van der Waals surface area (Å²) < 4.78 is 0. The molecule has 2 aliphatic rings. The van der Waals surface area contributed by atoms with E-state index >= 15 is 0 Å². The van der Waals surface area contributed by atoms with E-state index in [0.29, 0.717) is 51.6 Å². The lowest BCUT2D eigenvalue weighted by Crippen LogP contribution is -2.58. The number of carbonyl (C=O) groups is 5. The zero-order valence-electron chi connectivity index (χ0n) is 25.3. The number of carboxylic acid groups (broad SMARTS) is 1. The van der Waals surface area contributed by atoms with Crippen LogP contribution in [0, 0.1) is 11.8 Å². The first-order valence-electron chi connectivity index (χ1n) is 15.1. The number of carboxylic acids is 1. The van der Waals surface area contributed by atoms with Crippen LogP contribution in [-0.4, -0.2) is 87.8 Å². The third-order valence-corrected chi connectivity index (χ3v) is 7.94. The van der Waals surface area contributed by atoms with E-state index in [2.05, 4.69) is 10.6 Å². The second kappa shape index (κ2) is 15.1. The molecule has 11 nitrogen and oxygen atoms in total. The predicted molar refractivity (Wildman–Crippen MR) is 158 cm³/mol. The van der Waals surface area contributed by atoms with Gasteiger partial charge in [-0.1, -0.05) is 58.0 Å². The Morgan fingerprint density at radius 3 is 1.81 bits per heavy atom. The minimum absolute atomic E-state index is 0.0668. The molecule has 2 heterocycles. The molecule has 0 bridgehead atoms. The molecule has 2 saturated heterocycles. The van der Waals surface area contributed by atoms with Crippen LogP contribution in [0.25, 0.3) is 0 Å². The summed E-state index contributed by atoms with van der Waals surface area (Å²) in [4.78, 5) is 68.5. The van der Waals surface area contributed by atoms with Crippen LogP contribution < -0.4 is 16.4 Å². The summed E-state index contributed by atoms with van der Waals surface area (Å²) in [5.74, 6) is -2.41. The molecule has 0 saturated carbocycles. The summed E-state index contributed by atoms with van der Waals surface area (Å²) in [5, 5.41) is 15.3. The Kier molecular flexibility index (Phi) is 11.9. The molecule has 0 radical (unpaired) electrons. The van der Waals surface area contributed by atoms with Crippen molar-refractivity contribution in [1.82, 2.24) is 20.4 Å². The topological polar surface area (TPSA) is 162 Å². The molecular formula is C31H47N5O6. The highest BCUT2D eigenvalue weighted by Gasteiger charge is 2.41. The van der Waals surface area contributed by atoms with Crippen LogP contribution in [-0.2, 0) is 30.4 Å². The Labute approximate surface area is 248 Å². The quantitative estimate of drug-likeness (QED) is 0.274. The zero-order chi connectivity index (χ0) is 31.0.